The zero-order valence-corrected chi connectivity index (χ0v) is 10.5. The van der Waals surface area contributed by atoms with E-state index in [4.69, 9.17) is 5.11 Å². The Morgan fingerprint density at radius 2 is 2.24 bits per heavy atom. The van der Waals surface area contributed by atoms with Crippen LogP contribution in [0.5, 0.6) is 0 Å². The van der Waals surface area contributed by atoms with E-state index >= 15 is 0 Å². The molecule has 0 aliphatic carbocycles. The molecule has 5 heteroatoms. The van der Waals surface area contributed by atoms with E-state index in [1.54, 1.807) is 9.80 Å². The van der Waals surface area contributed by atoms with Gasteiger partial charge in [-0.25, -0.2) is 0 Å². The zero-order valence-electron chi connectivity index (χ0n) is 10.5. The van der Waals surface area contributed by atoms with Crippen molar-refractivity contribution in [3.8, 4) is 0 Å². The third kappa shape index (κ3) is 4.34. The van der Waals surface area contributed by atoms with Crippen LogP contribution in [0, 0.1) is 0 Å². The molecule has 0 atom stereocenters. The summed E-state index contributed by atoms with van der Waals surface area (Å²) in [5.74, 6) is 0.183. The van der Waals surface area contributed by atoms with Crippen molar-refractivity contribution in [2.24, 2.45) is 0 Å². The van der Waals surface area contributed by atoms with Crippen molar-refractivity contribution >= 4 is 11.8 Å². The fraction of sp³-hybridized carbons (Fsp3) is 0.833. The standard InChI is InChI=1S/C12H22N2O3/c1-2-6-13(9-10-15)12(17)5-8-14-7-3-4-11(14)16/h15H,2-10H2,1H3. The summed E-state index contributed by atoms with van der Waals surface area (Å²) in [7, 11) is 0. The molecule has 98 valence electrons. The van der Waals surface area contributed by atoms with Crippen LogP contribution in [-0.2, 0) is 9.59 Å². The number of carbonyl (C=O) groups excluding carboxylic acids is 2. The molecule has 0 spiro atoms. The molecule has 0 bridgehead atoms. The van der Waals surface area contributed by atoms with Crippen LogP contribution in [0.1, 0.15) is 32.6 Å². The van der Waals surface area contributed by atoms with Crippen molar-refractivity contribution in [1.82, 2.24) is 9.80 Å². The second-order valence-corrected chi connectivity index (χ2v) is 4.34. The van der Waals surface area contributed by atoms with Crippen LogP contribution in [-0.4, -0.2) is 59.5 Å². The van der Waals surface area contributed by atoms with Crippen molar-refractivity contribution < 1.29 is 14.7 Å². The maximum atomic E-state index is 11.9. The van der Waals surface area contributed by atoms with Gasteiger partial charge in [-0.2, -0.15) is 0 Å². The highest BCUT2D eigenvalue weighted by Gasteiger charge is 2.21. The molecular weight excluding hydrogens is 220 g/mol. The fourth-order valence-corrected chi connectivity index (χ4v) is 2.08. The minimum Gasteiger partial charge on any atom is -0.395 e. The van der Waals surface area contributed by atoms with Crippen molar-refractivity contribution in [2.75, 3.05) is 32.8 Å². The summed E-state index contributed by atoms with van der Waals surface area (Å²) in [6, 6.07) is 0. The molecule has 1 aliphatic rings. The number of carbonyl (C=O) groups is 2. The number of hydrogen-bond donors (Lipinski definition) is 1. The van der Waals surface area contributed by atoms with Gasteiger partial charge < -0.3 is 14.9 Å². The summed E-state index contributed by atoms with van der Waals surface area (Å²) < 4.78 is 0. The second-order valence-electron chi connectivity index (χ2n) is 4.34. The summed E-state index contributed by atoms with van der Waals surface area (Å²) in [6.45, 7) is 4.35. The van der Waals surface area contributed by atoms with Crippen LogP contribution in [0.15, 0.2) is 0 Å². The quantitative estimate of drug-likeness (QED) is 0.695. The molecule has 1 fully saturated rings. The van der Waals surface area contributed by atoms with E-state index in [-0.39, 0.29) is 18.4 Å². The smallest absolute Gasteiger partial charge is 0.224 e. The maximum absolute atomic E-state index is 11.9. The molecule has 0 aromatic rings. The third-order valence-corrected chi connectivity index (χ3v) is 2.98. The van der Waals surface area contributed by atoms with Gasteiger partial charge in [0.1, 0.15) is 0 Å². The predicted molar refractivity (Wildman–Crippen MR) is 64.4 cm³/mol. The molecule has 1 aliphatic heterocycles. The highest BCUT2D eigenvalue weighted by molar-refractivity contribution is 5.80. The zero-order chi connectivity index (χ0) is 12.7. The van der Waals surface area contributed by atoms with Gasteiger partial charge in [0.05, 0.1) is 6.61 Å². The van der Waals surface area contributed by atoms with E-state index in [2.05, 4.69) is 0 Å². The molecule has 0 aromatic carbocycles. The van der Waals surface area contributed by atoms with E-state index in [1.807, 2.05) is 6.92 Å². The number of nitrogens with zero attached hydrogens (tertiary/aromatic N) is 2. The average Bonchev–Trinajstić information content (AvgIpc) is 2.71. The number of hydrogen-bond acceptors (Lipinski definition) is 3. The van der Waals surface area contributed by atoms with Crippen LogP contribution in [0.2, 0.25) is 0 Å². The SMILES string of the molecule is CCCN(CCO)C(=O)CCN1CCCC1=O. The Kier molecular flexibility index (Phi) is 5.97. The molecule has 2 amide bonds. The van der Waals surface area contributed by atoms with Crippen LogP contribution in [0.3, 0.4) is 0 Å². The van der Waals surface area contributed by atoms with E-state index in [0.29, 0.717) is 32.5 Å². The molecule has 0 unspecified atom stereocenters. The molecule has 1 heterocycles. The van der Waals surface area contributed by atoms with Crippen molar-refractivity contribution in [1.29, 1.82) is 0 Å². The maximum Gasteiger partial charge on any atom is 0.224 e. The van der Waals surface area contributed by atoms with Gasteiger partial charge in [-0.15, -0.1) is 0 Å². The Hall–Kier alpha value is -1.10. The third-order valence-electron chi connectivity index (χ3n) is 2.98. The number of likely N-dealkylation sites (tertiary alicyclic amines) is 1. The topological polar surface area (TPSA) is 60.9 Å². The molecule has 1 rings (SSSR count). The van der Waals surface area contributed by atoms with Gasteiger partial charge in [-0.3, -0.25) is 9.59 Å². The largest absolute Gasteiger partial charge is 0.395 e. The summed E-state index contributed by atoms with van der Waals surface area (Å²) >= 11 is 0. The number of amides is 2. The van der Waals surface area contributed by atoms with Crippen molar-refractivity contribution in [3.05, 3.63) is 0 Å². The minimum absolute atomic E-state index is 0.00557. The first-order valence-electron chi connectivity index (χ1n) is 6.35. The summed E-state index contributed by atoms with van der Waals surface area (Å²) in [5, 5.41) is 8.88. The van der Waals surface area contributed by atoms with E-state index < -0.39 is 0 Å². The average molecular weight is 242 g/mol. The highest BCUT2D eigenvalue weighted by atomic mass is 16.3. The number of aliphatic hydroxyl groups excluding tert-OH is 1. The molecule has 0 radical (unpaired) electrons. The lowest BCUT2D eigenvalue weighted by Crippen LogP contribution is -2.37. The summed E-state index contributed by atoms with van der Waals surface area (Å²) in [6.07, 6.45) is 2.77. The predicted octanol–water partition coefficient (Wildman–Crippen LogP) is 0.230. The highest BCUT2D eigenvalue weighted by Crippen LogP contribution is 2.10. The van der Waals surface area contributed by atoms with Crippen molar-refractivity contribution in [2.45, 2.75) is 32.6 Å². The molecule has 0 saturated carbocycles. The first-order chi connectivity index (χ1) is 8.19. The van der Waals surface area contributed by atoms with Crippen LogP contribution < -0.4 is 0 Å². The van der Waals surface area contributed by atoms with Gasteiger partial charge in [0.15, 0.2) is 0 Å². The molecule has 17 heavy (non-hydrogen) atoms. The van der Waals surface area contributed by atoms with Crippen molar-refractivity contribution in [3.63, 3.8) is 0 Å². The number of aliphatic hydroxyl groups is 1. The molecule has 1 N–H and O–H groups in total. The lowest BCUT2D eigenvalue weighted by Gasteiger charge is -2.22. The minimum atomic E-state index is -0.00557. The first-order valence-corrected chi connectivity index (χ1v) is 6.35. The normalized spacial score (nSPS) is 15.4. The lowest BCUT2D eigenvalue weighted by molar-refractivity contribution is -0.133. The lowest BCUT2D eigenvalue weighted by atomic mass is 10.3. The second kappa shape index (κ2) is 7.27. The summed E-state index contributed by atoms with van der Waals surface area (Å²) in [4.78, 5) is 26.7. The van der Waals surface area contributed by atoms with Crippen LogP contribution in [0.4, 0.5) is 0 Å². The van der Waals surface area contributed by atoms with Gasteiger partial charge in [-0.05, 0) is 12.8 Å². The van der Waals surface area contributed by atoms with Crippen LogP contribution >= 0.6 is 0 Å². The van der Waals surface area contributed by atoms with E-state index in [1.165, 1.54) is 0 Å². The van der Waals surface area contributed by atoms with Gasteiger partial charge >= 0.3 is 0 Å². The first kappa shape index (κ1) is 14.0. The Morgan fingerprint density at radius 1 is 1.47 bits per heavy atom. The van der Waals surface area contributed by atoms with Gasteiger partial charge in [0.25, 0.3) is 0 Å². The Bertz CT molecular complexity index is 262. The van der Waals surface area contributed by atoms with Crippen LogP contribution in [0.25, 0.3) is 0 Å². The monoisotopic (exact) mass is 242 g/mol. The Labute approximate surface area is 102 Å². The molecule has 5 nitrogen and oxygen atoms in total. The fourth-order valence-electron chi connectivity index (χ4n) is 2.08. The van der Waals surface area contributed by atoms with Gasteiger partial charge in [0, 0.05) is 39.0 Å². The van der Waals surface area contributed by atoms with E-state index in [0.717, 1.165) is 19.4 Å². The van der Waals surface area contributed by atoms with Gasteiger partial charge in [-0.1, -0.05) is 6.92 Å². The molecule has 1 saturated heterocycles. The Morgan fingerprint density at radius 3 is 2.76 bits per heavy atom. The molecular formula is C12H22N2O3. The molecule has 0 aromatic heterocycles. The summed E-state index contributed by atoms with van der Waals surface area (Å²) in [5.41, 5.74) is 0. The van der Waals surface area contributed by atoms with Gasteiger partial charge in [0.2, 0.25) is 11.8 Å². The Balaban J connectivity index is 2.33. The number of rotatable bonds is 7. The van der Waals surface area contributed by atoms with E-state index in [9.17, 15) is 9.59 Å².